The van der Waals surface area contributed by atoms with Crippen LogP contribution < -0.4 is 5.32 Å². The summed E-state index contributed by atoms with van der Waals surface area (Å²) in [6.07, 6.45) is 2.27. The summed E-state index contributed by atoms with van der Waals surface area (Å²) in [5.41, 5.74) is 0. The Morgan fingerprint density at radius 1 is 1.65 bits per heavy atom. The molecule has 0 saturated carbocycles. The molecule has 1 heterocycles. The van der Waals surface area contributed by atoms with E-state index in [1.54, 1.807) is 14.0 Å². The number of methoxy groups -OCH3 is 1. The number of carbonyl (C=O) groups is 1. The minimum Gasteiger partial charge on any atom is -0.480 e. The Bertz CT molecular complexity index is 236. The molecule has 1 saturated heterocycles. The van der Waals surface area contributed by atoms with Gasteiger partial charge in [-0.25, -0.2) is 0 Å². The number of carboxylic acids is 1. The molecule has 0 aromatic heterocycles. The molecule has 100 valence electrons. The Hall–Kier alpha value is -0.650. The number of hydrogen-bond acceptors (Lipinski definition) is 4. The molecule has 1 rings (SSSR count). The maximum Gasteiger partial charge on any atom is 0.320 e. The predicted octanol–water partition coefficient (Wildman–Crippen LogP) is 0.408. The molecule has 2 unspecified atom stereocenters. The number of nitrogens with one attached hydrogen (secondary N) is 1. The number of ether oxygens (including phenoxy) is 1. The van der Waals surface area contributed by atoms with Gasteiger partial charge in [-0.2, -0.15) is 0 Å². The molecule has 2 N–H and O–H groups in total. The van der Waals surface area contributed by atoms with Crippen LogP contribution in [0.3, 0.4) is 0 Å². The third-order valence-electron chi connectivity index (χ3n) is 3.37. The second kappa shape index (κ2) is 7.63. The fourth-order valence-corrected chi connectivity index (χ4v) is 2.25. The van der Waals surface area contributed by atoms with E-state index in [1.807, 2.05) is 0 Å². The summed E-state index contributed by atoms with van der Waals surface area (Å²) < 4.78 is 4.97. The van der Waals surface area contributed by atoms with E-state index in [2.05, 4.69) is 10.2 Å². The maximum absolute atomic E-state index is 10.9. The zero-order chi connectivity index (χ0) is 12.7. The van der Waals surface area contributed by atoms with Crippen molar-refractivity contribution in [3.05, 3.63) is 0 Å². The fraction of sp³-hybridized carbons (Fsp3) is 0.917. The molecule has 0 radical (unpaired) electrons. The van der Waals surface area contributed by atoms with Gasteiger partial charge in [-0.15, -0.1) is 0 Å². The van der Waals surface area contributed by atoms with Crippen LogP contribution in [0.1, 0.15) is 19.8 Å². The Morgan fingerprint density at radius 3 is 3.06 bits per heavy atom. The number of piperidine rings is 1. The SMILES string of the molecule is COCCNCC1CCCN(C(C)C(=O)O)C1. The monoisotopic (exact) mass is 244 g/mol. The van der Waals surface area contributed by atoms with Crippen molar-refractivity contribution in [1.29, 1.82) is 0 Å². The largest absolute Gasteiger partial charge is 0.480 e. The van der Waals surface area contributed by atoms with Gasteiger partial charge in [0.1, 0.15) is 6.04 Å². The van der Waals surface area contributed by atoms with Gasteiger partial charge in [0.05, 0.1) is 6.61 Å². The molecule has 0 aromatic carbocycles. The first-order valence-corrected chi connectivity index (χ1v) is 6.31. The van der Waals surface area contributed by atoms with Crippen LogP contribution in [0, 0.1) is 5.92 Å². The van der Waals surface area contributed by atoms with E-state index in [0.717, 1.165) is 39.2 Å². The Balaban J connectivity index is 2.26. The zero-order valence-electron chi connectivity index (χ0n) is 10.8. The minimum atomic E-state index is -0.724. The highest BCUT2D eigenvalue weighted by Crippen LogP contribution is 2.17. The van der Waals surface area contributed by atoms with E-state index in [0.29, 0.717) is 5.92 Å². The molecule has 0 aromatic rings. The average molecular weight is 244 g/mol. The topological polar surface area (TPSA) is 61.8 Å². The molecule has 0 amide bonds. The van der Waals surface area contributed by atoms with Gasteiger partial charge >= 0.3 is 5.97 Å². The molecule has 2 atom stereocenters. The molecule has 5 nitrogen and oxygen atoms in total. The van der Waals surface area contributed by atoms with Gasteiger partial charge in [0.15, 0.2) is 0 Å². The van der Waals surface area contributed by atoms with Crippen molar-refractivity contribution in [3.63, 3.8) is 0 Å². The normalized spacial score (nSPS) is 23.5. The van der Waals surface area contributed by atoms with E-state index in [-0.39, 0.29) is 6.04 Å². The Kier molecular flexibility index (Phi) is 6.47. The lowest BCUT2D eigenvalue weighted by molar-refractivity contribution is -0.143. The summed E-state index contributed by atoms with van der Waals surface area (Å²) in [5, 5.41) is 12.3. The molecule has 5 heteroatoms. The minimum absolute atomic E-state index is 0.364. The van der Waals surface area contributed by atoms with Crippen molar-refractivity contribution >= 4 is 5.97 Å². The lowest BCUT2D eigenvalue weighted by Gasteiger charge is -2.35. The van der Waals surface area contributed by atoms with Crippen molar-refractivity contribution in [2.75, 3.05) is 39.9 Å². The van der Waals surface area contributed by atoms with Crippen LogP contribution in [0.4, 0.5) is 0 Å². The fourth-order valence-electron chi connectivity index (χ4n) is 2.25. The summed E-state index contributed by atoms with van der Waals surface area (Å²) in [6, 6.07) is -0.364. The van der Waals surface area contributed by atoms with Crippen molar-refractivity contribution in [1.82, 2.24) is 10.2 Å². The van der Waals surface area contributed by atoms with Crippen LogP contribution in [0.2, 0.25) is 0 Å². The number of hydrogen-bond donors (Lipinski definition) is 2. The zero-order valence-corrected chi connectivity index (χ0v) is 10.8. The quantitative estimate of drug-likeness (QED) is 0.635. The number of likely N-dealkylation sites (tertiary alicyclic amines) is 1. The molecule has 17 heavy (non-hydrogen) atoms. The first-order chi connectivity index (χ1) is 8.15. The lowest BCUT2D eigenvalue weighted by atomic mass is 9.97. The molecule has 0 bridgehead atoms. The van der Waals surface area contributed by atoms with Gasteiger partial charge in [0.25, 0.3) is 0 Å². The standard InChI is InChI=1S/C12H24N2O3/c1-10(12(15)16)14-6-3-4-11(9-14)8-13-5-7-17-2/h10-11,13H,3-9H2,1-2H3,(H,15,16). The molecule has 1 aliphatic heterocycles. The summed E-state index contributed by atoms with van der Waals surface area (Å²) in [4.78, 5) is 13.0. The highest BCUT2D eigenvalue weighted by molar-refractivity contribution is 5.72. The highest BCUT2D eigenvalue weighted by atomic mass is 16.5. The van der Waals surface area contributed by atoms with Gasteiger partial charge in [-0.05, 0) is 38.8 Å². The molecular weight excluding hydrogens is 220 g/mol. The van der Waals surface area contributed by atoms with E-state index >= 15 is 0 Å². The smallest absolute Gasteiger partial charge is 0.320 e. The van der Waals surface area contributed by atoms with Gasteiger partial charge < -0.3 is 15.2 Å². The third-order valence-corrected chi connectivity index (χ3v) is 3.37. The van der Waals surface area contributed by atoms with E-state index in [1.165, 1.54) is 6.42 Å². The van der Waals surface area contributed by atoms with Crippen LogP contribution in [0.15, 0.2) is 0 Å². The average Bonchev–Trinajstić information content (AvgIpc) is 2.34. The molecule has 0 spiro atoms. The van der Waals surface area contributed by atoms with Gasteiger partial charge in [0.2, 0.25) is 0 Å². The predicted molar refractivity (Wildman–Crippen MR) is 66.1 cm³/mol. The van der Waals surface area contributed by atoms with Gasteiger partial charge in [-0.3, -0.25) is 9.69 Å². The van der Waals surface area contributed by atoms with Crippen molar-refractivity contribution < 1.29 is 14.6 Å². The number of aliphatic carboxylic acids is 1. The van der Waals surface area contributed by atoms with E-state index in [4.69, 9.17) is 9.84 Å². The van der Waals surface area contributed by atoms with Gasteiger partial charge in [-0.1, -0.05) is 0 Å². The Labute approximate surface area is 103 Å². The summed E-state index contributed by atoms with van der Waals surface area (Å²) in [7, 11) is 1.69. The lowest BCUT2D eigenvalue weighted by Crippen LogP contribution is -2.47. The third kappa shape index (κ3) is 5.02. The summed E-state index contributed by atoms with van der Waals surface area (Å²) >= 11 is 0. The van der Waals surface area contributed by atoms with E-state index in [9.17, 15) is 4.79 Å². The van der Waals surface area contributed by atoms with Crippen LogP contribution in [-0.4, -0.2) is 61.9 Å². The van der Waals surface area contributed by atoms with Crippen LogP contribution in [0.5, 0.6) is 0 Å². The molecule has 1 aliphatic rings. The molecule has 0 aliphatic carbocycles. The van der Waals surface area contributed by atoms with E-state index < -0.39 is 5.97 Å². The highest BCUT2D eigenvalue weighted by Gasteiger charge is 2.26. The second-order valence-electron chi connectivity index (χ2n) is 4.71. The van der Waals surface area contributed by atoms with Crippen molar-refractivity contribution in [2.24, 2.45) is 5.92 Å². The van der Waals surface area contributed by atoms with Crippen LogP contribution in [-0.2, 0) is 9.53 Å². The summed E-state index contributed by atoms with van der Waals surface area (Å²) in [6.45, 7) is 6.09. The van der Waals surface area contributed by atoms with Crippen LogP contribution in [0.25, 0.3) is 0 Å². The van der Waals surface area contributed by atoms with Gasteiger partial charge in [0, 0.05) is 20.2 Å². The maximum atomic E-state index is 10.9. The number of carboxylic acid groups (broad SMARTS) is 1. The van der Waals surface area contributed by atoms with Crippen LogP contribution >= 0.6 is 0 Å². The van der Waals surface area contributed by atoms with Crippen molar-refractivity contribution in [2.45, 2.75) is 25.8 Å². The molecular formula is C12H24N2O3. The first kappa shape index (κ1) is 14.4. The molecule has 1 fully saturated rings. The first-order valence-electron chi connectivity index (χ1n) is 6.31. The number of nitrogens with zero attached hydrogens (tertiary/aromatic N) is 1. The number of rotatable bonds is 7. The van der Waals surface area contributed by atoms with Crippen molar-refractivity contribution in [3.8, 4) is 0 Å². The Morgan fingerprint density at radius 2 is 2.41 bits per heavy atom. The summed E-state index contributed by atoms with van der Waals surface area (Å²) in [5.74, 6) is -0.166. The second-order valence-corrected chi connectivity index (χ2v) is 4.71.